The summed E-state index contributed by atoms with van der Waals surface area (Å²) in [6.45, 7) is 4.77. The molecule has 1 amide bonds. The minimum absolute atomic E-state index is 0.0955. The summed E-state index contributed by atoms with van der Waals surface area (Å²) < 4.78 is 4.92. The van der Waals surface area contributed by atoms with E-state index in [0.29, 0.717) is 5.92 Å². The lowest BCUT2D eigenvalue weighted by Gasteiger charge is -2.28. The van der Waals surface area contributed by atoms with E-state index in [1.54, 1.807) is 6.92 Å². The molecule has 0 spiro atoms. The fourth-order valence-corrected chi connectivity index (χ4v) is 2.70. The fraction of sp³-hybridized carbons (Fsp3) is 0.846. The van der Waals surface area contributed by atoms with E-state index in [4.69, 9.17) is 4.74 Å². The Morgan fingerprint density at radius 3 is 2.44 bits per heavy atom. The minimum Gasteiger partial charge on any atom is -0.468 e. The second kappa shape index (κ2) is 5.69. The second-order valence-electron chi connectivity index (χ2n) is 5.20. The van der Waals surface area contributed by atoms with Crippen molar-refractivity contribution in [1.82, 2.24) is 9.80 Å². The van der Waals surface area contributed by atoms with Gasteiger partial charge >= 0.3 is 5.97 Å². The summed E-state index contributed by atoms with van der Waals surface area (Å²) in [7, 11) is 1.46. The molecule has 1 saturated carbocycles. The fourth-order valence-electron chi connectivity index (χ4n) is 2.70. The highest BCUT2D eigenvalue weighted by atomic mass is 16.5. The highest BCUT2D eigenvalue weighted by Crippen LogP contribution is 2.36. The zero-order valence-electron chi connectivity index (χ0n) is 11.2. The molecular weight excluding hydrogens is 232 g/mol. The van der Waals surface area contributed by atoms with Gasteiger partial charge in [0.2, 0.25) is 5.91 Å². The second-order valence-corrected chi connectivity index (χ2v) is 5.20. The number of hydrogen-bond acceptors (Lipinski definition) is 4. The SMILES string of the molecule is COC(=O)C(C1CC1)N1CCCN(C(C)=O)CC1. The molecule has 5 nitrogen and oxygen atoms in total. The van der Waals surface area contributed by atoms with Crippen LogP contribution in [0.5, 0.6) is 0 Å². The molecule has 0 aromatic carbocycles. The van der Waals surface area contributed by atoms with Gasteiger partial charge in [0, 0.05) is 33.1 Å². The van der Waals surface area contributed by atoms with Crippen molar-refractivity contribution in [3.63, 3.8) is 0 Å². The van der Waals surface area contributed by atoms with Gasteiger partial charge in [0.25, 0.3) is 0 Å². The van der Waals surface area contributed by atoms with Crippen LogP contribution < -0.4 is 0 Å². The van der Waals surface area contributed by atoms with Crippen LogP contribution in [0.1, 0.15) is 26.2 Å². The van der Waals surface area contributed by atoms with Crippen molar-refractivity contribution in [2.75, 3.05) is 33.3 Å². The van der Waals surface area contributed by atoms with Crippen LogP contribution in [0.4, 0.5) is 0 Å². The van der Waals surface area contributed by atoms with Crippen LogP contribution in [0.15, 0.2) is 0 Å². The monoisotopic (exact) mass is 254 g/mol. The van der Waals surface area contributed by atoms with Gasteiger partial charge in [0.15, 0.2) is 0 Å². The lowest BCUT2D eigenvalue weighted by Crippen LogP contribution is -2.45. The molecule has 0 bridgehead atoms. The number of carbonyl (C=O) groups excluding carboxylic acids is 2. The molecule has 0 N–H and O–H groups in total. The van der Waals surface area contributed by atoms with Gasteiger partial charge in [-0.05, 0) is 25.2 Å². The van der Waals surface area contributed by atoms with Crippen molar-refractivity contribution >= 4 is 11.9 Å². The number of rotatable bonds is 3. The van der Waals surface area contributed by atoms with Gasteiger partial charge in [0.1, 0.15) is 6.04 Å². The van der Waals surface area contributed by atoms with E-state index in [2.05, 4.69) is 4.90 Å². The summed E-state index contributed by atoms with van der Waals surface area (Å²) in [4.78, 5) is 27.3. The molecule has 0 radical (unpaired) electrons. The lowest BCUT2D eigenvalue weighted by molar-refractivity contribution is -0.147. The third-order valence-electron chi connectivity index (χ3n) is 3.88. The molecule has 1 heterocycles. The number of nitrogens with zero attached hydrogens (tertiary/aromatic N) is 2. The van der Waals surface area contributed by atoms with Gasteiger partial charge in [-0.3, -0.25) is 14.5 Å². The molecule has 102 valence electrons. The molecule has 5 heteroatoms. The molecule has 1 aliphatic heterocycles. The first-order chi connectivity index (χ1) is 8.63. The Hall–Kier alpha value is -1.10. The third-order valence-corrected chi connectivity index (χ3v) is 3.88. The summed E-state index contributed by atoms with van der Waals surface area (Å²) in [6.07, 6.45) is 3.17. The zero-order valence-corrected chi connectivity index (χ0v) is 11.2. The van der Waals surface area contributed by atoms with Crippen molar-refractivity contribution in [2.45, 2.75) is 32.2 Å². The Labute approximate surface area is 108 Å². The van der Waals surface area contributed by atoms with Gasteiger partial charge in [-0.2, -0.15) is 0 Å². The molecule has 18 heavy (non-hydrogen) atoms. The summed E-state index contributed by atoms with van der Waals surface area (Å²) >= 11 is 0. The van der Waals surface area contributed by atoms with Crippen molar-refractivity contribution in [3.05, 3.63) is 0 Å². The largest absolute Gasteiger partial charge is 0.468 e. The summed E-state index contributed by atoms with van der Waals surface area (Å²) in [5.74, 6) is 0.466. The maximum atomic E-state index is 11.9. The van der Waals surface area contributed by atoms with Crippen LogP contribution in [-0.4, -0.2) is 61.0 Å². The van der Waals surface area contributed by atoms with Crippen molar-refractivity contribution < 1.29 is 14.3 Å². The lowest BCUT2D eigenvalue weighted by atomic mass is 10.1. The first-order valence-corrected chi connectivity index (χ1v) is 6.71. The first-order valence-electron chi connectivity index (χ1n) is 6.71. The van der Waals surface area contributed by atoms with Crippen molar-refractivity contribution in [3.8, 4) is 0 Å². The third kappa shape index (κ3) is 3.02. The van der Waals surface area contributed by atoms with E-state index in [1.165, 1.54) is 7.11 Å². The molecular formula is C13H22N2O3. The summed E-state index contributed by atoms with van der Waals surface area (Å²) in [6, 6.07) is -0.0955. The number of ether oxygens (including phenoxy) is 1. The maximum Gasteiger partial charge on any atom is 0.323 e. The Morgan fingerprint density at radius 2 is 1.89 bits per heavy atom. The predicted octanol–water partition coefficient (Wildman–Crippen LogP) is 0.492. The van der Waals surface area contributed by atoms with Crippen LogP contribution in [0.3, 0.4) is 0 Å². The van der Waals surface area contributed by atoms with Crippen LogP contribution in [0.2, 0.25) is 0 Å². The number of carbonyl (C=O) groups is 2. The quantitative estimate of drug-likeness (QED) is 0.688. The summed E-state index contributed by atoms with van der Waals surface area (Å²) in [5, 5.41) is 0. The minimum atomic E-state index is -0.117. The zero-order chi connectivity index (χ0) is 13.1. The normalized spacial score (nSPS) is 23.3. The molecule has 1 aliphatic carbocycles. The smallest absolute Gasteiger partial charge is 0.323 e. The summed E-state index contributed by atoms with van der Waals surface area (Å²) in [5.41, 5.74) is 0. The molecule has 0 aromatic heterocycles. The molecule has 1 unspecified atom stereocenters. The number of methoxy groups -OCH3 is 1. The van der Waals surface area contributed by atoms with Crippen LogP contribution in [-0.2, 0) is 14.3 Å². The standard InChI is InChI=1S/C13H22N2O3/c1-10(16)14-6-3-7-15(9-8-14)12(11-4-5-11)13(17)18-2/h11-12H,3-9H2,1-2H3. The van der Waals surface area contributed by atoms with Crippen molar-refractivity contribution in [2.24, 2.45) is 5.92 Å². The van der Waals surface area contributed by atoms with E-state index >= 15 is 0 Å². The van der Waals surface area contributed by atoms with Crippen LogP contribution in [0.25, 0.3) is 0 Å². The van der Waals surface area contributed by atoms with Gasteiger partial charge in [-0.1, -0.05) is 0 Å². The Balaban J connectivity index is 1.98. The van der Waals surface area contributed by atoms with E-state index in [1.807, 2.05) is 4.90 Å². The molecule has 1 atom stereocenters. The van der Waals surface area contributed by atoms with Gasteiger partial charge in [0.05, 0.1) is 7.11 Å². The predicted molar refractivity (Wildman–Crippen MR) is 67.0 cm³/mol. The molecule has 2 fully saturated rings. The number of hydrogen-bond donors (Lipinski definition) is 0. The van der Waals surface area contributed by atoms with Gasteiger partial charge < -0.3 is 9.64 Å². The molecule has 0 aromatic rings. The molecule has 1 saturated heterocycles. The van der Waals surface area contributed by atoms with Crippen molar-refractivity contribution in [1.29, 1.82) is 0 Å². The Bertz CT molecular complexity index is 328. The average molecular weight is 254 g/mol. The molecule has 2 aliphatic rings. The number of esters is 1. The maximum absolute atomic E-state index is 11.9. The Morgan fingerprint density at radius 1 is 1.17 bits per heavy atom. The number of amides is 1. The van der Waals surface area contributed by atoms with E-state index in [9.17, 15) is 9.59 Å². The first kappa shape index (κ1) is 13.3. The highest BCUT2D eigenvalue weighted by molar-refractivity contribution is 5.76. The van der Waals surface area contributed by atoms with Gasteiger partial charge in [-0.25, -0.2) is 0 Å². The van der Waals surface area contributed by atoms with Gasteiger partial charge in [-0.15, -0.1) is 0 Å². The van der Waals surface area contributed by atoms with Crippen LogP contribution >= 0.6 is 0 Å². The van der Waals surface area contributed by atoms with E-state index in [0.717, 1.165) is 45.4 Å². The molecule has 2 rings (SSSR count). The van der Waals surface area contributed by atoms with Crippen LogP contribution in [0, 0.1) is 5.92 Å². The van der Waals surface area contributed by atoms with E-state index in [-0.39, 0.29) is 17.9 Å². The topological polar surface area (TPSA) is 49.9 Å². The van der Waals surface area contributed by atoms with E-state index < -0.39 is 0 Å². The highest BCUT2D eigenvalue weighted by Gasteiger charge is 2.41. The Kier molecular flexibility index (Phi) is 4.22. The average Bonchev–Trinajstić information content (AvgIpc) is 3.15.